The molecule has 250 valence electrons. The van der Waals surface area contributed by atoms with Crippen molar-refractivity contribution in [1.29, 1.82) is 0 Å². The summed E-state index contributed by atoms with van der Waals surface area (Å²) in [6.45, 7) is 9.43. The molecule has 0 spiro atoms. The zero-order valence-electron chi connectivity index (χ0n) is 28.1. The summed E-state index contributed by atoms with van der Waals surface area (Å²) in [7, 11) is -4.02. The number of benzene rings is 4. The van der Waals surface area contributed by atoms with Crippen LogP contribution in [0.15, 0.2) is 121 Å². The van der Waals surface area contributed by atoms with Crippen molar-refractivity contribution >= 4 is 51.9 Å². The lowest BCUT2D eigenvalue weighted by Crippen LogP contribution is -2.47. The van der Waals surface area contributed by atoms with Gasteiger partial charge in [0, 0.05) is 45.5 Å². The van der Waals surface area contributed by atoms with Crippen LogP contribution in [0.3, 0.4) is 0 Å². The van der Waals surface area contributed by atoms with Gasteiger partial charge in [-0.25, -0.2) is 4.79 Å². The van der Waals surface area contributed by atoms with Crippen LogP contribution < -0.4 is 26.5 Å². The Kier molecular flexibility index (Phi) is 16.1. The highest BCUT2D eigenvalue weighted by atomic mass is 31.1. The maximum absolute atomic E-state index is 14.0. The highest BCUT2D eigenvalue weighted by Crippen LogP contribution is 2.35. The molecule has 9 heteroatoms. The second-order valence-electron chi connectivity index (χ2n) is 11.0. The maximum Gasteiger partial charge on any atom is 0.500 e. The molecule has 0 fully saturated rings. The van der Waals surface area contributed by atoms with Gasteiger partial charge in [-0.2, -0.15) is 0 Å². The second kappa shape index (κ2) is 20.5. The highest BCUT2D eigenvalue weighted by Gasteiger charge is 2.39. The first-order valence-corrected chi connectivity index (χ1v) is 21.8. The molecule has 0 aromatic heterocycles. The average Bonchev–Trinajstić information content (AvgIpc) is 3.11. The van der Waals surface area contributed by atoms with Gasteiger partial charge in [-0.3, -0.25) is 0 Å². The average molecular weight is 689 g/mol. The van der Waals surface area contributed by atoms with E-state index in [0.29, 0.717) is 45.5 Å². The fourth-order valence-corrected chi connectivity index (χ4v) is 12.9. The number of nitrogens with one attached hydrogen (secondary N) is 1. The number of hydrogen-bond acceptors (Lipinski definition) is 4. The molecule has 0 bridgehead atoms. The van der Waals surface area contributed by atoms with Crippen LogP contribution in [0.4, 0.5) is 4.79 Å². The highest BCUT2D eigenvalue weighted by molar-refractivity contribution is 7.73. The van der Waals surface area contributed by atoms with Crippen molar-refractivity contribution in [1.82, 2.24) is 10.2 Å². The van der Waals surface area contributed by atoms with Gasteiger partial charge in [-0.1, -0.05) is 121 Å². The van der Waals surface area contributed by atoms with E-state index in [2.05, 4.69) is 127 Å². The molecule has 0 aliphatic rings. The minimum atomic E-state index is -2.76. The molecule has 0 saturated carbocycles. The van der Waals surface area contributed by atoms with Crippen molar-refractivity contribution in [2.45, 2.75) is 33.2 Å². The number of amides is 2. The van der Waals surface area contributed by atoms with Crippen molar-refractivity contribution in [3.63, 3.8) is 0 Å². The van der Waals surface area contributed by atoms with E-state index >= 15 is 0 Å². The fourth-order valence-electron chi connectivity index (χ4n) is 5.62. The topological polar surface area (TPSA) is 60.0 Å². The Morgan fingerprint density at radius 1 is 0.596 bits per heavy atom. The molecule has 6 nitrogen and oxygen atoms in total. The van der Waals surface area contributed by atoms with Crippen molar-refractivity contribution in [3.8, 4) is 0 Å². The molecule has 1 N–H and O–H groups in total. The quantitative estimate of drug-likeness (QED) is 0.0638. The van der Waals surface area contributed by atoms with Crippen LogP contribution in [0, 0.1) is 0 Å². The zero-order chi connectivity index (χ0) is 33.2. The zero-order valence-corrected chi connectivity index (χ0v) is 30.9. The van der Waals surface area contributed by atoms with Gasteiger partial charge in [0.25, 0.3) is 0 Å². The standard InChI is InChI=1S/C38H50N2O4P2Si/c1-4-42-47(43-5-2,44-6-3)33-19-28-39-38(41)40(29-31-45(34-20-11-7-12-21-34)35-22-13-8-14-23-35)30-32-46(36-24-15-9-16-25-36)37-26-17-10-18-27-37/h7-18,20-27H,4-6,19,28-33H2,1-3H3,(H,39,41). The van der Waals surface area contributed by atoms with E-state index in [-0.39, 0.29) is 6.03 Å². The van der Waals surface area contributed by atoms with E-state index in [0.717, 1.165) is 18.7 Å². The van der Waals surface area contributed by atoms with Gasteiger partial charge >= 0.3 is 14.8 Å². The summed E-state index contributed by atoms with van der Waals surface area (Å²) in [6, 6.07) is 43.6. The molecule has 0 aliphatic carbocycles. The lowest BCUT2D eigenvalue weighted by Gasteiger charge is -2.30. The smallest absolute Gasteiger partial charge is 0.374 e. The molecule has 0 aliphatic heterocycles. The number of nitrogens with zero attached hydrogens (tertiary/aromatic N) is 1. The first-order chi connectivity index (χ1) is 23.1. The van der Waals surface area contributed by atoms with E-state index in [1.807, 2.05) is 25.7 Å². The monoisotopic (exact) mass is 688 g/mol. The minimum absolute atomic E-state index is 0.0198. The first-order valence-electron chi connectivity index (χ1n) is 16.8. The van der Waals surface area contributed by atoms with Gasteiger partial charge in [0.15, 0.2) is 0 Å². The van der Waals surface area contributed by atoms with Crippen molar-refractivity contribution in [2.75, 3.05) is 51.8 Å². The Morgan fingerprint density at radius 2 is 0.936 bits per heavy atom. The number of rotatable bonds is 20. The molecule has 2 amide bonds. The number of carbonyl (C=O) groups is 1. The van der Waals surface area contributed by atoms with Crippen LogP contribution in [0.25, 0.3) is 0 Å². The summed E-state index contributed by atoms with van der Waals surface area (Å²) in [5.74, 6) is 0. The third-order valence-corrected chi connectivity index (χ3v) is 15.9. The summed E-state index contributed by atoms with van der Waals surface area (Å²) < 4.78 is 18.1. The van der Waals surface area contributed by atoms with E-state index in [1.165, 1.54) is 21.2 Å². The predicted octanol–water partition coefficient (Wildman–Crippen LogP) is 6.70. The van der Waals surface area contributed by atoms with Crippen LogP contribution in [0.2, 0.25) is 6.04 Å². The van der Waals surface area contributed by atoms with Crippen LogP contribution >= 0.6 is 15.8 Å². The number of hydrogen-bond donors (Lipinski definition) is 1. The Bertz CT molecular complexity index is 1240. The van der Waals surface area contributed by atoms with E-state index in [4.69, 9.17) is 13.3 Å². The van der Waals surface area contributed by atoms with E-state index in [1.54, 1.807) is 0 Å². The molecular weight excluding hydrogens is 638 g/mol. The van der Waals surface area contributed by atoms with Gasteiger partial charge < -0.3 is 23.5 Å². The first kappa shape index (κ1) is 36.9. The number of carbonyl (C=O) groups excluding carboxylic acids is 1. The van der Waals surface area contributed by atoms with Gasteiger partial charge in [0.1, 0.15) is 0 Å². The Hall–Kier alpha value is -2.89. The lowest BCUT2D eigenvalue weighted by atomic mass is 10.4. The van der Waals surface area contributed by atoms with Crippen LogP contribution in [0.1, 0.15) is 27.2 Å². The fraction of sp³-hybridized carbons (Fsp3) is 0.342. The van der Waals surface area contributed by atoms with E-state index in [9.17, 15) is 4.79 Å². The van der Waals surface area contributed by atoms with E-state index < -0.39 is 24.6 Å². The minimum Gasteiger partial charge on any atom is -0.374 e. The molecule has 4 rings (SSSR count). The number of urea groups is 1. The molecule has 0 unspecified atom stereocenters. The molecule has 4 aromatic carbocycles. The van der Waals surface area contributed by atoms with Gasteiger partial charge in [-0.15, -0.1) is 0 Å². The summed E-state index contributed by atoms with van der Waals surface area (Å²) in [5.41, 5.74) is 0. The molecule has 0 atom stereocenters. The van der Waals surface area contributed by atoms with Crippen LogP contribution in [-0.4, -0.2) is 71.5 Å². The third kappa shape index (κ3) is 11.6. The molecule has 0 radical (unpaired) electrons. The van der Waals surface area contributed by atoms with Gasteiger partial charge in [0.2, 0.25) is 0 Å². The Balaban J connectivity index is 1.51. The predicted molar refractivity (Wildman–Crippen MR) is 203 cm³/mol. The van der Waals surface area contributed by atoms with Gasteiger partial charge in [-0.05, 0) is 76.6 Å². The van der Waals surface area contributed by atoms with Crippen LogP contribution in [0.5, 0.6) is 0 Å². The van der Waals surface area contributed by atoms with Crippen molar-refractivity contribution < 1.29 is 18.1 Å². The molecule has 0 saturated heterocycles. The Labute approximate surface area is 285 Å². The lowest BCUT2D eigenvalue weighted by molar-refractivity contribution is 0.0708. The summed E-state index contributed by atoms with van der Waals surface area (Å²) in [4.78, 5) is 16.0. The van der Waals surface area contributed by atoms with Crippen LogP contribution in [-0.2, 0) is 13.3 Å². The Morgan fingerprint density at radius 3 is 1.26 bits per heavy atom. The van der Waals surface area contributed by atoms with Crippen molar-refractivity contribution in [2.24, 2.45) is 0 Å². The SMILES string of the molecule is CCO[Si](CCCNC(=O)N(CCP(c1ccccc1)c1ccccc1)CCP(c1ccccc1)c1ccccc1)(OCC)OCC. The van der Waals surface area contributed by atoms with Crippen molar-refractivity contribution in [3.05, 3.63) is 121 Å². The van der Waals surface area contributed by atoms with Gasteiger partial charge in [0.05, 0.1) is 0 Å². The molecule has 47 heavy (non-hydrogen) atoms. The molecule has 4 aromatic rings. The third-order valence-electron chi connectivity index (χ3n) is 7.77. The normalized spacial score (nSPS) is 11.6. The summed E-state index contributed by atoms with van der Waals surface area (Å²) in [6.07, 6.45) is 2.51. The maximum atomic E-state index is 14.0. The second-order valence-corrected chi connectivity index (χ2v) is 18.4. The molecule has 0 heterocycles. The summed E-state index contributed by atoms with van der Waals surface area (Å²) >= 11 is 0. The summed E-state index contributed by atoms with van der Waals surface area (Å²) in [5, 5.41) is 8.56. The molecular formula is C38H50N2O4P2Si. The largest absolute Gasteiger partial charge is 0.500 e.